The fourth-order valence-corrected chi connectivity index (χ4v) is 1.20. The van der Waals surface area contributed by atoms with Crippen molar-refractivity contribution in [3.8, 4) is 0 Å². The summed E-state index contributed by atoms with van der Waals surface area (Å²) in [4.78, 5) is 0. The third-order valence-corrected chi connectivity index (χ3v) is 1.37. The fraction of sp³-hybridized carbons (Fsp3) is 0.333. The van der Waals surface area contributed by atoms with E-state index in [0.717, 1.165) is 0 Å². The maximum atomic E-state index is 2.19. The van der Waals surface area contributed by atoms with Gasteiger partial charge >= 0.3 is 0 Å². The standard InChI is InChI=1S/C9H12.Ru/c1-7-4-8(2)6-9(3)5-7;/h4-6H,1-3H3;. The van der Waals surface area contributed by atoms with E-state index in [9.17, 15) is 0 Å². The molecular weight excluding hydrogens is 209 g/mol. The largest absolute Gasteiger partial charge is 0.0564 e. The first-order valence-electron chi connectivity index (χ1n) is 3.23. The minimum absolute atomic E-state index is 0. The van der Waals surface area contributed by atoms with Crippen LogP contribution in [0.4, 0.5) is 0 Å². The van der Waals surface area contributed by atoms with Crippen molar-refractivity contribution in [1.29, 1.82) is 0 Å². The second-order valence-electron chi connectivity index (χ2n) is 2.67. The maximum absolute atomic E-state index is 2.19. The molecule has 1 aromatic rings. The molecule has 0 aliphatic heterocycles. The normalized spacial score (nSPS) is 8.70. The Morgan fingerprint density at radius 1 is 0.700 bits per heavy atom. The van der Waals surface area contributed by atoms with Crippen LogP contribution >= 0.6 is 0 Å². The van der Waals surface area contributed by atoms with Crippen LogP contribution in [-0.4, -0.2) is 0 Å². The van der Waals surface area contributed by atoms with Crippen molar-refractivity contribution in [2.75, 3.05) is 0 Å². The van der Waals surface area contributed by atoms with Gasteiger partial charge in [-0.25, -0.2) is 0 Å². The summed E-state index contributed by atoms with van der Waals surface area (Å²) < 4.78 is 0. The molecule has 56 valence electrons. The first kappa shape index (κ1) is 9.84. The van der Waals surface area contributed by atoms with Crippen LogP contribution in [0.2, 0.25) is 0 Å². The summed E-state index contributed by atoms with van der Waals surface area (Å²) >= 11 is 0. The molecule has 0 atom stereocenters. The van der Waals surface area contributed by atoms with Crippen LogP contribution in [0.15, 0.2) is 18.2 Å². The zero-order valence-corrected chi connectivity index (χ0v) is 8.32. The molecule has 0 bridgehead atoms. The van der Waals surface area contributed by atoms with E-state index in [4.69, 9.17) is 0 Å². The van der Waals surface area contributed by atoms with Gasteiger partial charge in [-0.1, -0.05) is 34.9 Å². The average Bonchev–Trinajstić information content (AvgIpc) is 1.59. The summed E-state index contributed by atoms with van der Waals surface area (Å²) in [5.74, 6) is 0. The van der Waals surface area contributed by atoms with Crippen molar-refractivity contribution in [3.63, 3.8) is 0 Å². The summed E-state index contributed by atoms with van der Waals surface area (Å²) in [6.07, 6.45) is 0. The van der Waals surface area contributed by atoms with Crippen molar-refractivity contribution >= 4 is 0 Å². The molecule has 1 rings (SSSR count). The number of aryl methyl sites for hydroxylation is 3. The van der Waals surface area contributed by atoms with Crippen LogP contribution in [0, 0.1) is 20.8 Å². The van der Waals surface area contributed by atoms with Crippen LogP contribution in [0.5, 0.6) is 0 Å². The van der Waals surface area contributed by atoms with Gasteiger partial charge in [0.1, 0.15) is 0 Å². The Labute approximate surface area is 75.4 Å². The van der Waals surface area contributed by atoms with Gasteiger partial charge in [-0.05, 0) is 20.8 Å². The number of hydrogen-bond acceptors (Lipinski definition) is 0. The minimum atomic E-state index is 0. The van der Waals surface area contributed by atoms with Crippen molar-refractivity contribution in [3.05, 3.63) is 34.9 Å². The Balaban J connectivity index is 0.000000810. The number of benzene rings is 1. The van der Waals surface area contributed by atoms with E-state index < -0.39 is 0 Å². The molecule has 0 spiro atoms. The summed E-state index contributed by atoms with van der Waals surface area (Å²) in [6, 6.07) is 6.56. The van der Waals surface area contributed by atoms with E-state index in [1.807, 2.05) is 0 Å². The minimum Gasteiger partial charge on any atom is -0.0564 e. The fourth-order valence-electron chi connectivity index (χ4n) is 1.20. The van der Waals surface area contributed by atoms with Crippen LogP contribution < -0.4 is 0 Å². The Morgan fingerprint density at radius 2 is 0.900 bits per heavy atom. The SMILES string of the molecule is Cc1cc(C)cc(C)c1.[Ru]. The molecule has 0 aliphatic rings. The van der Waals surface area contributed by atoms with Crippen molar-refractivity contribution < 1.29 is 19.5 Å². The van der Waals surface area contributed by atoms with Crippen LogP contribution in [-0.2, 0) is 19.5 Å². The molecule has 1 heteroatoms. The quantitative estimate of drug-likeness (QED) is 0.591. The molecule has 0 heterocycles. The van der Waals surface area contributed by atoms with Crippen LogP contribution in [0.25, 0.3) is 0 Å². The maximum Gasteiger partial charge on any atom is 0 e. The molecule has 0 nitrogen and oxygen atoms in total. The zero-order valence-electron chi connectivity index (χ0n) is 6.59. The molecular formula is C9H12Ru. The van der Waals surface area contributed by atoms with Gasteiger partial charge < -0.3 is 0 Å². The van der Waals surface area contributed by atoms with Gasteiger partial charge in [0.15, 0.2) is 0 Å². The Morgan fingerprint density at radius 3 is 1.10 bits per heavy atom. The van der Waals surface area contributed by atoms with E-state index in [-0.39, 0.29) is 19.5 Å². The molecule has 0 aliphatic carbocycles. The first-order chi connectivity index (χ1) is 4.18. The van der Waals surface area contributed by atoms with Gasteiger partial charge in [0.05, 0.1) is 0 Å². The summed E-state index contributed by atoms with van der Waals surface area (Å²) in [6.45, 7) is 6.38. The van der Waals surface area contributed by atoms with Gasteiger partial charge in [-0.2, -0.15) is 0 Å². The van der Waals surface area contributed by atoms with E-state index in [1.165, 1.54) is 16.7 Å². The third kappa shape index (κ3) is 2.62. The predicted octanol–water partition coefficient (Wildman–Crippen LogP) is 2.61. The summed E-state index contributed by atoms with van der Waals surface area (Å²) in [5.41, 5.74) is 4.06. The van der Waals surface area contributed by atoms with Gasteiger partial charge in [0, 0.05) is 19.5 Å². The predicted molar refractivity (Wildman–Crippen MR) is 40.7 cm³/mol. The zero-order chi connectivity index (χ0) is 6.85. The molecule has 0 saturated carbocycles. The topological polar surface area (TPSA) is 0 Å². The first-order valence-corrected chi connectivity index (χ1v) is 3.23. The number of rotatable bonds is 0. The molecule has 0 fully saturated rings. The van der Waals surface area contributed by atoms with Gasteiger partial charge in [-0.15, -0.1) is 0 Å². The average molecular weight is 221 g/mol. The molecule has 0 unspecified atom stereocenters. The van der Waals surface area contributed by atoms with Crippen molar-refractivity contribution in [2.24, 2.45) is 0 Å². The Hall–Kier alpha value is -0.157. The molecule has 1 aromatic carbocycles. The second kappa shape index (κ2) is 3.88. The van der Waals surface area contributed by atoms with E-state index in [0.29, 0.717) is 0 Å². The third-order valence-electron chi connectivity index (χ3n) is 1.37. The molecule has 0 aromatic heterocycles. The molecule has 0 N–H and O–H groups in total. The Kier molecular flexibility index (Phi) is 3.82. The molecule has 0 saturated heterocycles. The van der Waals surface area contributed by atoms with Crippen LogP contribution in [0.1, 0.15) is 16.7 Å². The van der Waals surface area contributed by atoms with E-state index in [2.05, 4.69) is 39.0 Å². The van der Waals surface area contributed by atoms with Gasteiger partial charge in [-0.3, -0.25) is 0 Å². The summed E-state index contributed by atoms with van der Waals surface area (Å²) in [5, 5.41) is 0. The monoisotopic (exact) mass is 222 g/mol. The van der Waals surface area contributed by atoms with Crippen LogP contribution in [0.3, 0.4) is 0 Å². The van der Waals surface area contributed by atoms with Gasteiger partial charge in [0.25, 0.3) is 0 Å². The smallest absolute Gasteiger partial charge is 0 e. The molecule has 0 radical (unpaired) electrons. The molecule has 10 heavy (non-hydrogen) atoms. The van der Waals surface area contributed by atoms with Crippen molar-refractivity contribution in [2.45, 2.75) is 20.8 Å². The van der Waals surface area contributed by atoms with E-state index in [1.54, 1.807) is 0 Å². The second-order valence-corrected chi connectivity index (χ2v) is 2.67. The van der Waals surface area contributed by atoms with E-state index >= 15 is 0 Å². The van der Waals surface area contributed by atoms with Gasteiger partial charge in [0.2, 0.25) is 0 Å². The Bertz CT molecular complexity index is 165. The summed E-state index contributed by atoms with van der Waals surface area (Å²) in [7, 11) is 0. The molecule has 0 amide bonds. The van der Waals surface area contributed by atoms with Crippen molar-refractivity contribution in [1.82, 2.24) is 0 Å². The number of hydrogen-bond donors (Lipinski definition) is 0.